The molecule has 1 aromatic rings. The van der Waals surface area contributed by atoms with Gasteiger partial charge in [-0.15, -0.1) is 0 Å². The van der Waals surface area contributed by atoms with E-state index in [0.717, 1.165) is 24.2 Å². The van der Waals surface area contributed by atoms with Gasteiger partial charge in [0.25, 0.3) is 0 Å². The molecule has 0 saturated carbocycles. The van der Waals surface area contributed by atoms with E-state index in [2.05, 4.69) is 5.43 Å². The normalized spacial score (nSPS) is 21.8. The highest BCUT2D eigenvalue weighted by Crippen LogP contribution is 2.32. The van der Waals surface area contributed by atoms with E-state index in [-0.39, 0.29) is 17.8 Å². The molecule has 3 nitrogen and oxygen atoms in total. The Morgan fingerprint density at radius 3 is 2.76 bits per heavy atom. The minimum absolute atomic E-state index is 0.168. The van der Waals surface area contributed by atoms with E-state index in [0.29, 0.717) is 12.2 Å². The first-order valence-electron chi connectivity index (χ1n) is 5.94. The van der Waals surface area contributed by atoms with E-state index >= 15 is 0 Å². The largest absolute Gasteiger partial charge is 0.381 e. The summed E-state index contributed by atoms with van der Waals surface area (Å²) in [7, 11) is 0. The van der Waals surface area contributed by atoms with Crippen molar-refractivity contribution in [3.8, 4) is 0 Å². The Morgan fingerprint density at radius 2 is 2.24 bits per heavy atom. The fourth-order valence-electron chi connectivity index (χ4n) is 2.59. The molecule has 0 radical (unpaired) electrons. The SMILES string of the molecule is Cc1cc(C)c(C(NN)C2CCOC2)c(F)c1. The fraction of sp³-hybridized carbons (Fsp3) is 0.538. The van der Waals surface area contributed by atoms with Crippen molar-refractivity contribution >= 4 is 0 Å². The van der Waals surface area contributed by atoms with Crippen LogP contribution in [0.4, 0.5) is 4.39 Å². The van der Waals surface area contributed by atoms with Gasteiger partial charge < -0.3 is 4.74 Å². The van der Waals surface area contributed by atoms with Gasteiger partial charge in [0.05, 0.1) is 12.6 Å². The second-order valence-electron chi connectivity index (χ2n) is 4.75. The topological polar surface area (TPSA) is 47.3 Å². The fourth-order valence-corrected chi connectivity index (χ4v) is 2.59. The van der Waals surface area contributed by atoms with Crippen LogP contribution < -0.4 is 11.3 Å². The molecule has 1 aliphatic heterocycles. The molecule has 2 rings (SSSR count). The van der Waals surface area contributed by atoms with Crippen molar-refractivity contribution in [1.29, 1.82) is 0 Å². The number of rotatable bonds is 3. The van der Waals surface area contributed by atoms with Crippen LogP contribution in [0.25, 0.3) is 0 Å². The number of hydrazine groups is 1. The molecule has 1 aliphatic rings. The lowest BCUT2D eigenvalue weighted by molar-refractivity contribution is 0.176. The van der Waals surface area contributed by atoms with Gasteiger partial charge in [0.2, 0.25) is 0 Å². The molecule has 0 aromatic heterocycles. The summed E-state index contributed by atoms with van der Waals surface area (Å²) < 4.78 is 19.4. The highest BCUT2D eigenvalue weighted by molar-refractivity contribution is 5.34. The van der Waals surface area contributed by atoms with Crippen molar-refractivity contribution in [3.05, 3.63) is 34.6 Å². The third-order valence-electron chi connectivity index (χ3n) is 3.41. The quantitative estimate of drug-likeness (QED) is 0.625. The molecule has 1 aromatic carbocycles. The van der Waals surface area contributed by atoms with E-state index in [9.17, 15) is 4.39 Å². The summed E-state index contributed by atoms with van der Waals surface area (Å²) in [4.78, 5) is 0. The zero-order valence-electron chi connectivity index (χ0n) is 10.3. The molecule has 1 fully saturated rings. The Hall–Kier alpha value is -0.970. The van der Waals surface area contributed by atoms with Crippen molar-refractivity contribution in [3.63, 3.8) is 0 Å². The Balaban J connectivity index is 2.36. The lowest BCUT2D eigenvalue weighted by atomic mass is 9.89. The Morgan fingerprint density at radius 1 is 1.47 bits per heavy atom. The van der Waals surface area contributed by atoms with Crippen LogP contribution in [-0.4, -0.2) is 13.2 Å². The lowest BCUT2D eigenvalue weighted by Gasteiger charge is -2.24. The zero-order chi connectivity index (χ0) is 12.4. The van der Waals surface area contributed by atoms with Crippen molar-refractivity contribution in [2.24, 2.45) is 11.8 Å². The van der Waals surface area contributed by atoms with Crippen molar-refractivity contribution in [1.82, 2.24) is 5.43 Å². The monoisotopic (exact) mass is 238 g/mol. The minimum Gasteiger partial charge on any atom is -0.381 e. The maximum atomic E-state index is 14.1. The number of ether oxygens (including phenoxy) is 1. The first-order valence-corrected chi connectivity index (χ1v) is 5.94. The number of nitrogens with one attached hydrogen (secondary N) is 1. The molecule has 94 valence electrons. The van der Waals surface area contributed by atoms with E-state index < -0.39 is 0 Å². The summed E-state index contributed by atoms with van der Waals surface area (Å²) in [6.07, 6.45) is 0.918. The van der Waals surface area contributed by atoms with Gasteiger partial charge in [-0.3, -0.25) is 11.3 Å². The Labute approximate surface area is 101 Å². The summed E-state index contributed by atoms with van der Waals surface area (Å²) >= 11 is 0. The van der Waals surface area contributed by atoms with Crippen molar-refractivity contribution in [2.75, 3.05) is 13.2 Å². The zero-order valence-corrected chi connectivity index (χ0v) is 10.3. The van der Waals surface area contributed by atoms with E-state index in [1.54, 1.807) is 6.07 Å². The molecule has 0 amide bonds. The van der Waals surface area contributed by atoms with Crippen LogP contribution in [0.2, 0.25) is 0 Å². The minimum atomic E-state index is -0.183. The average Bonchev–Trinajstić information content (AvgIpc) is 2.76. The predicted molar refractivity (Wildman–Crippen MR) is 64.9 cm³/mol. The number of nitrogens with two attached hydrogens (primary N) is 1. The maximum absolute atomic E-state index is 14.1. The predicted octanol–water partition coefficient (Wildman–Crippen LogP) is 1.98. The molecular weight excluding hydrogens is 219 g/mol. The third kappa shape index (κ3) is 2.49. The number of hydrogen-bond donors (Lipinski definition) is 2. The number of hydrogen-bond acceptors (Lipinski definition) is 3. The van der Waals surface area contributed by atoms with E-state index in [4.69, 9.17) is 10.6 Å². The molecular formula is C13H19FN2O. The highest BCUT2D eigenvalue weighted by atomic mass is 19.1. The molecule has 0 bridgehead atoms. The summed E-state index contributed by atoms with van der Waals surface area (Å²) in [6.45, 7) is 5.19. The van der Waals surface area contributed by atoms with Gasteiger partial charge in [0, 0.05) is 18.1 Å². The first kappa shape index (κ1) is 12.5. The Bertz CT molecular complexity index is 379. The molecule has 2 atom stereocenters. The van der Waals surface area contributed by atoms with Gasteiger partial charge >= 0.3 is 0 Å². The summed E-state index contributed by atoms with van der Waals surface area (Å²) in [5.74, 6) is 5.65. The van der Waals surface area contributed by atoms with Gasteiger partial charge in [0.1, 0.15) is 5.82 Å². The van der Waals surface area contributed by atoms with Gasteiger partial charge in [0.15, 0.2) is 0 Å². The van der Waals surface area contributed by atoms with Crippen LogP contribution >= 0.6 is 0 Å². The van der Waals surface area contributed by atoms with Gasteiger partial charge in [-0.1, -0.05) is 6.07 Å². The summed E-state index contributed by atoms with van der Waals surface area (Å²) in [5.41, 5.74) is 5.29. The molecule has 1 heterocycles. The average molecular weight is 238 g/mol. The van der Waals surface area contributed by atoms with Gasteiger partial charge in [-0.2, -0.15) is 0 Å². The van der Waals surface area contributed by atoms with Crippen LogP contribution in [-0.2, 0) is 4.74 Å². The van der Waals surface area contributed by atoms with Crippen LogP contribution in [0, 0.1) is 25.6 Å². The van der Waals surface area contributed by atoms with Crippen LogP contribution in [0.3, 0.4) is 0 Å². The van der Waals surface area contributed by atoms with Crippen LogP contribution in [0.15, 0.2) is 12.1 Å². The molecule has 2 unspecified atom stereocenters. The van der Waals surface area contributed by atoms with E-state index in [1.807, 2.05) is 19.9 Å². The smallest absolute Gasteiger partial charge is 0.128 e. The summed E-state index contributed by atoms with van der Waals surface area (Å²) in [5, 5.41) is 0. The van der Waals surface area contributed by atoms with Crippen molar-refractivity contribution in [2.45, 2.75) is 26.3 Å². The maximum Gasteiger partial charge on any atom is 0.128 e. The second-order valence-corrected chi connectivity index (χ2v) is 4.75. The lowest BCUT2D eigenvalue weighted by Crippen LogP contribution is -2.35. The molecule has 0 spiro atoms. The number of halogens is 1. The van der Waals surface area contributed by atoms with E-state index in [1.165, 1.54) is 0 Å². The molecule has 1 saturated heterocycles. The molecule has 17 heavy (non-hydrogen) atoms. The molecule has 0 aliphatic carbocycles. The standard InChI is InChI=1S/C13H19FN2O/c1-8-5-9(2)12(11(14)6-8)13(16-15)10-3-4-17-7-10/h5-6,10,13,16H,3-4,7,15H2,1-2H3. The van der Waals surface area contributed by atoms with Gasteiger partial charge in [-0.05, 0) is 37.5 Å². The first-order chi connectivity index (χ1) is 8.13. The number of aryl methyl sites for hydroxylation is 2. The van der Waals surface area contributed by atoms with Gasteiger partial charge in [-0.25, -0.2) is 4.39 Å². The molecule has 3 N–H and O–H groups in total. The number of benzene rings is 1. The third-order valence-corrected chi connectivity index (χ3v) is 3.41. The van der Waals surface area contributed by atoms with Crippen LogP contribution in [0.1, 0.15) is 29.2 Å². The van der Waals surface area contributed by atoms with Crippen molar-refractivity contribution < 1.29 is 9.13 Å². The highest BCUT2D eigenvalue weighted by Gasteiger charge is 2.29. The Kier molecular flexibility index (Phi) is 3.76. The summed E-state index contributed by atoms with van der Waals surface area (Å²) in [6, 6.07) is 3.37. The second kappa shape index (κ2) is 5.12. The van der Waals surface area contributed by atoms with Crippen LogP contribution in [0.5, 0.6) is 0 Å². The molecule has 4 heteroatoms.